The van der Waals surface area contributed by atoms with Crippen molar-refractivity contribution in [3.8, 4) is 41.2 Å². The van der Waals surface area contributed by atoms with Gasteiger partial charge in [0.05, 0.1) is 18.2 Å². The van der Waals surface area contributed by atoms with Gasteiger partial charge in [-0.25, -0.2) is 13.8 Å². The fourth-order valence-electron chi connectivity index (χ4n) is 6.79. The maximum Gasteiger partial charge on any atom is 0.319 e. The number of likely N-dealkylation sites (N-methyl/N-ethyl adjacent to an activating group) is 1. The number of likely N-dealkylation sites (tertiary alicyclic amines) is 2. The zero-order chi connectivity index (χ0) is 31.6. The van der Waals surface area contributed by atoms with Crippen LogP contribution in [0.4, 0.5) is 14.6 Å². The molecule has 4 aromatic rings. The second-order valence-corrected chi connectivity index (χ2v) is 11.9. The Hall–Kier alpha value is -4.76. The third-order valence-corrected chi connectivity index (χ3v) is 9.16. The van der Waals surface area contributed by atoms with Gasteiger partial charge in [0.15, 0.2) is 5.82 Å². The van der Waals surface area contributed by atoms with E-state index >= 15 is 4.39 Å². The standard InChI is InChI=1S/C33H32F2N6O4/c1-5-22-24(34)9-8-19-13-21(43)14-23(26(19)22)29-28(35)30-27-31(38-33(37-30)45-17(2)25-7-6-10-39(25)4)41(11-12-44-32(27)36-29)20-15-40(16-20)18(3)42/h1,8-9,13-14,17,20,25,43H,6-7,10-12,15-16H2,2-4H3/t17-,25-/m0/s1. The first kappa shape index (κ1) is 29.0. The van der Waals surface area contributed by atoms with Crippen LogP contribution in [-0.2, 0) is 4.79 Å². The quantitative estimate of drug-likeness (QED) is 0.333. The third kappa shape index (κ3) is 4.82. The van der Waals surface area contributed by atoms with Gasteiger partial charge in [0, 0.05) is 37.0 Å². The van der Waals surface area contributed by atoms with Crippen molar-refractivity contribution in [2.45, 2.75) is 44.9 Å². The molecule has 7 rings (SSSR count). The van der Waals surface area contributed by atoms with E-state index in [4.69, 9.17) is 20.9 Å². The summed E-state index contributed by atoms with van der Waals surface area (Å²) in [6.07, 6.45) is 7.41. The molecule has 2 saturated heterocycles. The molecule has 1 amide bonds. The number of pyridine rings is 1. The lowest BCUT2D eigenvalue weighted by Gasteiger charge is -2.45. The molecule has 2 aromatic heterocycles. The normalized spacial score (nSPS) is 19.2. The number of carbonyl (C=O) groups is 1. The van der Waals surface area contributed by atoms with Crippen LogP contribution in [0.3, 0.4) is 0 Å². The second-order valence-electron chi connectivity index (χ2n) is 11.9. The Morgan fingerprint density at radius 2 is 1.98 bits per heavy atom. The number of halogens is 2. The number of aromatic nitrogens is 3. The van der Waals surface area contributed by atoms with Crippen LogP contribution in [0.2, 0.25) is 0 Å². The van der Waals surface area contributed by atoms with Crippen molar-refractivity contribution in [3.05, 3.63) is 41.5 Å². The summed E-state index contributed by atoms with van der Waals surface area (Å²) < 4.78 is 44.2. The first-order valence-corrected chi connectivity index (χ1v) is 15.0. The summed E-state index contributed by atoms with van der Waals surface area (Å²) in [5.74, 6) is 1.18. The zero-order valence-electron chi connectivity index (χ0n) is 25.2. The summed E-state index contributed by atoms with van der Waals surface area (Å²) in [6, 6.07) is 5.47. The lowest BCUT2D eigenvalue weighted by atomic mass is 9.95. The number of fused-ring (bicyclic) bond motifs is 1. The Bertz CT molecular complexity index is 1910. The van der Waals surface area contributed by atoms with Gasteiger partial charge in [0.1, 0.15) is 46.7 Å². The number of ether oxygens (including phenoxy) is 2. The summed E-state index contributed by atoms with van der Waals surface area (Å²) in [4.78, 5) is 31.9. The highest BCUT2D eigenvalue weighted by Gasteiger charge is 2.38. The molecular weight excluding hydrogens is 582 g/mol. The van der Waals surface area contributed by atoms with Gasteiger partial charge in [0.25, 0.3) is 0 Å². The molecule has 0 saturated carbocycles. The molecule has 10 nitrogen and oxygen atoms in total. The molecule has 0 radical (unpaired) electrons. The number of phenols is 1. The summed E-state index contributed by atoms with van der Waals surface area (Å²) in [7, 11) is 2.04. The van der Waals surface area contributed by atoms with E-state index in [9.17, 15) is 14.3 Å². The number of anilines is 1. The highest BCUT2D eigenvalue weighted by atomic mass is 19.1. The van der Waals surface area contributed by atoms with Crippen molar-refractivity contribution in [2.75, 3.05) is 44.7 Å². The van der Waals surface area contributed by atoms with Crippen molar-refractivity contribution < 1.29 is 28.2 Å². The van der Waals surface area contributed by atoms with E-state index in [2.05, 4.69) is 20.8 Å². The van der Waals surface area contributed by atoms with Crippen LogP contribution in [0.5, 0.6) is 17.6 Å². The minimum absolute atomic E-state index is 0.00178. The summed E-state index contributed by atoms with van der Waals surface area (Å²) in [5.41, 5.74) is -0.285. The largest absolute Gasteiger partial charge is 0.508 e. The Labute approximate surface area is 258 Å². The molecule has 0 bridgehead atoms. The highest BCUT2D eigenvalue weighted by molar-refractivity contribution is 6.04. The predicted octanol–water partition coefficient (Wildman–Crippen LogP) is 4.10. The molecule has 3 aliphatic heterocycles. The SMILES string of the molecule is C#Cc1c(F)ccc2cc(O)cc(-c3nc4c5c(nc(O[C@@H](C)[C@@H]6CCCN6C)nc5c3F)N(C3CN(C(C)=O)C3)CCO4)c12. The van der Waals surface area contributed by atoms with Crippen LogP contribution >= 0.6 is 0 Å². The number of terminal acetylenes is 1. The Morgan fingerprint density at radius 3 is 2.69 bits per heavy atom. The fraction of sp³-hybridized carbons (Fsp3) is 0.394. The van der Waals surface area contributed by atoms with Gasteiger partial charge in [-0.15, -0.1) is 6.42 Å². The average Bonchev–Trinajstić information content (AvgIpc) is 3.33. The van der Waals surface area contributed by atoms with Crippen LogP contribution in [0.25, 0.3) is 32.9 Å². The lowest BCUT2D eigenvalue weighted by molar-refractivity contribution is -0.133. The topological polar surface area (TPSA) is 104 Å². The zero-order valence-corrected chi connectivity index (χ0v) is 25.2. The van der Waals surface area contributed by atoms with Gasteiger partial charge in [-0.05, 0) is 56.9 Å². The monoisotopic (exact) mass is 614 g/mol. The predicted molar refractivity (Wildman–Crippen MR) is 164 cm³/mol. The molecule has 0 aliphatic carbocycles. The van der Waals surface area contributed by atoms with Gasteiger partial charge < -0.3 is 24.4 Å². The van der Waals surface area contributed by atoms with Gasteiger partial charge in [0.2, 0.25) is 11.8 Å². The summed E-state index contributed by atoms with van der Waals surface area (Å²) >= 11 is 0. The summed E-state index contributed by atoms with van der Waals surface area (Å²) in [5, 5.41) is 11.5. The highest BCUT2D eigenvalue weighted by Crippen LogP contribution is 2.43. The molecule has 232 valence electrons. The third-order valence-electron chi connectivity index (χ3n) is 9.16. The van der Waals surface area contributed by atoms with Crippen molar-refractivity contribution in [1.29, 1.82) is 0 Å². The van der Waals surface area contributed by atoms with Gasteiger partial charge >= 0.3 is 6.01 Å². The first-order valence-electron chi connectivity index (χ1n) is 15.0. The number of benzene rings is 2. The molecule has 2 atom stereocenters. The number of aromatic hydroxyl groups is 1. The average molecular weight is 615 g/mol. The van der Waals surface area contributed by atoms with Crippen molar-refractivity contribution in [3.63, 3.8) is 0 Å². The van der Waals surface area contributed by atoms with Crippen LogP contribution in [0.15, 0.2) is 24.3 Å². The molecule has 3 aliphatic rings. The molecule has 2 fully saturated rings. The van der Waals surface area contributed by atoms with Crippen molar-refractivity contribution in [2.24, 2.45) is 0 Å². The molecule has 5 heterocycles. The Balaban J connectivity index is 1.44. The number of hydrogen-bond acceptors (Lipinski definition) is 9. The molecular formula is C33H32F2N6O4. The molecule has 0 unspecified atom stereocenters. The first-order chi connectivity index (χ1) is 21.6. The lowest BCUT2D eigenvalue weighted by Crippen LogP contribution is -2.61. The number of nitrogens with zero attached hydrogens (tertiary/aromatic N) is 6. The maximum absolute atomic E-state index is 16.9. The number of hydrogen-bond donors (Lipinski definition) is 1. The molecule has 12 heteroatoms. The number of rotatable bonds is 5. The molecule has 1 N–H and O–H groups in total. The van der Waals surface area contributed by atoms with Crippen LogP contribution in [-0.4, -0.2) is 93.8 Å². The summed E-state index contributed by atoms with van der Waals surface area (Å²) in [6.45, 7) is 5.99. The van der Waals surface area contributed by atoms with E-state index in [0.29, 0.717) is 30.8 Å². The molecule has 0 spiro atoms. The molecule has 2 aromatic carbocycles. The van der Waals surface area contributed by atoms with E-state index < -0.39 is 11.6 Å². The molecule has 45 heavy (non-hydrogen) atoms. The van der Waals surface area contributed by atoms with Gasteiger partial charge in [-0.1, -0.05) is 12.0 Å². The van der Waals surface area contributed by atoms with E-state index in [-0.39, 0.29) is 81.5 Å². The van der Waals surface area contributed by atoms with Crippen LogP contribution < -0.4 is 14.4 Å². The number of carbonyl (C=O) groups excluding carboxylic acids is 1. The number of amides is 1. The minimum atomic E-state index is -0.823. The van der Waals surface area contributed by atoms with Gasteiger partial charge in [-0.3, -0.25) is 9.69 Å². The van der Waals surface area contributed by atoms with Crippen LogP contribution in [0, 0.1) is 24.0 Å². The maximum atomic E-state index is 16.9. The Morgan fingerprint density at radius 1 is 1.18 bits per heavy atom. The van der Waals surface area contributed by atoms with E-state index in [1.807, 2.05) is 18.9 Å². The van der Waals surface area contributed by atoms with E-state index in [1.165, 1.54) is 31.2 Å². The fourth-order valence-corrected chi connectivity index (χ4v) is 6.79. The van der Waals surface area contributed by atoms with E-state index in [1.54, 1.807) is 4.90 Å². The van der Waals surface area contributed by atoms with Crippen LogP contribution in [0.1, 0.15) is 32.3 Å². The minimum Gasteiger partial charge on any atom is -0.508 e. The van der Waals surface area contributed by atoms with Crippen molar-refractivity contribution >= 4 is 33.4 Å². The van der Waals surface area contributed by atoms with Gasteiger partial charge in [-0.2, -0.15) is 9.97 Å². The second kappa shape index (κ2) is 11.0. The van der Waals surface area contributed by atoms with Crippen molar-refractivity contribution in [1.82, 2.24) is 24.8 Å². The number of phenolic OH excluding ortho intramolecular Hbond substituents is 1. The van der Waals surface area contributed by atoms with E-state index in [0.717, 1.165) is 19.4 Å². The smallest absolute Gasteiger partial charge is 0.319 e. The Kier molecular flexibility index (Phi) is 7.08.